The molecule has 186 valence electrons. The van der Waals surface area contributed by atoms with E-state index in [0.717, 1.165) is 45.7 Å². The van der Waals surface area contributed by atoms with Crippen molar-refractivity contribution in [2.75, 3.05) is 18.5 Å². The quantitative estimate of drug-likeness (QED) is 0.472. The second-order valence-corrected chi connectivity index (χ2v) is 10.4. The molecule has 10 nitrogen and oxygen atoms in total. The molecule has 0 aromatic carbocycles. The summed E-state index contributed by atoms with van der Waals surface area (Å²) in [6, 6.07) is 0. The third-order valence-corrected chi connectivity index (χ3v) is 8.14. The van der Waals surface area contributed by atoms with E-state index in [4.69, 9.17) is 9.47 Å². The third kappa shape index (κ3) is 4.85. The van der Waals surface area contributed by atoms with Gasteiger partial charge in [0.15, 0.2) is 4.83 Å². The Morgan fingerprint density at radius 3 is 2.57 bits per heavy atom. The highest BCUT2D eigenvalue weighted by Gasteiger charge is 2.28. The van der Waals surface area contributed by atoms with Crippen LogP contribution in [0.25, 0.3) is 10.2 Å². The van der Waals surface area contributed by atoms with Gasteiger partial charge in [-0.25, -0.2) is 14.3 Å². The molecule has 1 aliphatic carbocycles. The lowest BCUT2D eigenvalue weighted by atomic mass is 9.89. The average molecular weight is 519 g/mol. The average Bonchev–Trinajstić information content (AvgIpc) is 3.33. The molecule has 1 N–H and O–H groups in total. The van der Waals surface area contributed by atoms with Crippen LogP contribution in [-0.2, 0) is 33.7 Å². The van der Waals surface area contributed by atoms with Crippen molar-refractivity contribution >= 4 is 55.7 Å². The van der Waals surface area contributed by atoms with Crippen LogP contribution in [-0.4, -0.2) is 46.1 Å². The van der Waals surface area contributed by atoms with Gasteiger partial charge in [-0.15, -0.1) is 27.8 Å². The molecule has 4 rings (SSSR count). The Balaban J connectivity index is 1.62. The van der Waals surface area contributed by atoms with E-state index in [1.807, 2.05) is 0 Å². The minimum atomic E-state index is -0.662. The highest BCUT2D eigenvalue weighted by atomic mass is 32.1. The third-order valence-electron chi connectivity index (χ3n) is 5.82. The Morgan fingerprint density at radius 1 is 1.14 bits per heavy atom. The van der Waals surface area contributed by atoms with Gasteiger partial charge in [0.25, 0.3) is 5.56 Å². The van der Waals surface area contributed by atoms with E-state index in [-0.39, 0.29) is 34.2 Å². The number of rotatable bonds is 7. The number of amides is 1. The van der Waals surface area contributed by atoms with Crippen LogP contribution < -0.4 is 10.9 Å². The van der Waals surface area contributed by atoms with Crippen molar-refractivity contribution in [1.29, 1.82) is 0 Å². The largest absolute Gasteiger partial charge is 0.462 e. The molecular formula is C23H26N4O6S2. The van der Waals surface area contributed by atoms with E-state index < -0.39 is 24.4 Å². The van der Waals surface area contributed by atoms with Gasteiger partial charge in [-0.1, -0.05) is 12.1 Å². The number of anilines is 1. The summed E-state index contributed by atoms with van der Waals surface area (Å²) in [5, 5.41) is 11.5. The van der Waals surface area contributed by atoms with Crippen molar-refractivity contribution in [3.8, 4) is 0 Å². The van der Waals surface area contributed by atoms with Crippen LogP contribution in [0.4, 0.5) is 5.00 Å². The number of carbonyl (C=O) groups excluding carboxylic acids is 3. The number of fused-ring (bicyclic) bond motifs is 3. The fourth-order valence-electron chi connectivity index (χ4n) is 4.14. The Kier molecular flexibility index (Phi) is 7.31. The van der Waals surface area contributed by atoms with E-state index in [1.54, 1.807) is 20.8 Å². The van der Waals surface area contributed by atoms with Crippen LogP contribution in [0, 0.1) is 12.8 Å². The standard InChI is InChI=1S/C23H26N4O6S2/c1-5-32-22(30)16-12(4)18(23(31)33-6-2)35-19(16)24-15(28)10-27-21(29)17-13-8-7-11(3)9-14(13)34-20(17)25-26-27/h11H,5-10H2,1-4H3,(H,24,28). The number of thiophene rings is 2. The van der Waals surface area contributed by atoms with Crippen molar-refractivity contribution in [2.24, 2.45) is 5.92 Å². The molecule has 0 fully saturated rings. The molecule has 0 bridgehead atoms. The zero-order valence-electron chi connectivity index (χ0n) is 19.9. The fraction of sp³-hybridized carbons (Fsp3) is 0.478. The first-order valence-corrected chi connectivity index (χ1v) is 13.0. The highest BCUT2D eigenvalue weighted by Crippen LogP contribution is 2.36. The van der Waals surface area contributed by atoms with E-state index in [9.17, 15) is 19.2 Å². The van der Waals surface area contributed by atoms with Gasteiger partial charge < -0.3 is 14.8 Å². The summed E-state index contributed by atoms with van der Waals surface area (Å²) < 4.78 is 11.2. The zero-order valence-corrected chi connectivity index (χ0v) is 21.6. The van der Waals surface area contributed by atoms with Crippen molar-refractivity contribution < 1.29 is 23.9 Å². The van der Waals surface area contributed by atoms with Gasteiger partial charge in [0.1, 0.15) is 16.4 Å². The van der Waals surface area contributed by atoms with E-state index in [0.29, 0.717) is 21.7 Å². The summed E-state index contributed by atoms with van der Waals surface area (Å²) in [7, 11) is 0. The zero-order chi connectivity index (χ0) is 25.3. The number of ether oxygens (including phenoxy) is 2. The number of carbonyl (C=O) groups is 3. The van der Waals surface area contributed by atoms with Crippen LogP contribution >= 0.6 is 22.7 Å². The number of esters is 2. The molecule has 3 aromatic heterocycles. The van der Waals surface area contributed by atoms with Gasteiger partial charge >= 0.3 is 11.9 Å². The van der Waals surface area contributed by atoms with Gasteiger partial charge in [0, 0.05) is 4.88 Å². The van der Waals surface area contributed by atoms with Crippen molar-refractivity contribution in [2.45, 2.75) is 53.5 Å². The van der Waals surface area contributed by atoms with Crippen molar-refractivity contribution in [1.82, 2.24) is 15.0 Å². The molecule has 1 aliphatic rings. The minimum Gasteiger partial charge on any atom is -0.462 e. The second-order valence-electron chi connectivity index (χ2n) is 8.33. The monoisotopic (exact) mass is 518 g/mol. The molecule has 12 heteroatoms. The summed E-state index contributed by atoms with van der Waals surface area (Å²) in [6.45, 7) is 7.02. The lowest BCUT2D eigenvalue weighted by Gasteiger charge is -2.17. The van der Waals surface area contributed by atoms with Crippen molar-refractivity contribution in [3.05, 3.63) is 36.8 Å². The molecule has 1 atom stereocenters. The molecule has 1 unspecified atom stereocenters. The predicted molar refractivity (Wildman–Crippen MR) is 132 cm³/mol. The van der Waals surface area contributed by atoms with Crippen LogP contribution in [0.2, 0.25) is 0 Å². The molecule has 0 aliphatic heterocycles. The van der Waals surface area contributed by atoms with Gasteiger partial charge in [-0.2, -0.15) is 0 Å². The SMILES string of the molecule is CCOC(=O)c1sc(NC(=O)Cn2nnc3sc4c(c3c2=O)CCC(C)C4)c(C(=O)OCC)c1C. The Hall–Kier alpha value is -3.12. The number of aromatic nitrogens is 3. The number of aryl methyl sites for hydroxylation is 1. The van der Waals surface area contributed by atoms with E-state index in [2.05, 4.69) is 22.6 Å². The summed E-state index contributed by atoms with van der Waals surface area (Å²) in [5.74, 6) is -1.28. The first-order valence-electron chi connectivity index (χ1n) is 11.4. The molecule has 0 saturated heterocycles. The Labute approximate surface area is 209 Å². The van der Waals surface area contributed by atoms with Gasteiger partial charge in [-0.05, 0) is 57.1 Å². The molecule has 1 amide bonds. The van der Waals surface area contributed by atoms with Gasteiger partial charge in [-0.3, -0.25) is 9.59 Å². The number of hydrogen-bond acceptors (Lipinski definition) is 10. The lowest BCUT2D eigenvalue weighted by Crippen LogP contribution is -2.30. The lowest BCUT2D eigenvalue weighted by molar-refractivity contribution is -0.117. The first kappa shape index (κ1) is 25.0. The maximum atomic E-state index is 13.2. The Bertz CT molecular complexity index is 1370. The molecule has 3 heterocycles. The molecule has 0 radical (unpaired) electrons. The van der Waals surface area contributed by atoms with Crippen molar-refractivity contribution in [3.63, 3.8) is 0 Å². The fourth-order valence-corrected chi connectivity index (χ4v) is 6.56. The molecule has 0 saturated carbocycles. The summed E-state index contributed by atoms with van der Waals surface area (Å²) >= 11 is 2.41. The topological polar surface area (TPSA) is 129 Å². The number of nitrogens with zero attached hydrogens (tertiary/aromatic N) is 3. The highest BCUT2D eigenvalue weighted by molar-refractivity contribution is 7.19. The molecular weight excluding hydrogens is 492 g/mol. The van der Waals surface area contributed by atoms with Crippen LogP contribution in [0.5, 0.6) is 0 Å². The predicted octanol–water partition coefficient (Wildman–Crippen LogP) is 3.34. The Morgan fingerprint density at radius 2 is 1.86 bits per heavy atom. The van der Waals surface area contributed by atoms with Crippen LogP contribution in [0.3, 0.4) is 0 Å². The van der Waals surface area contributed by atoms with E-state index >= 15 is 0 Å². The van der Waals surface area contributed by atoms with E-state index in [1.165, 1.54) is 11.3 Å². The minimum absolute atomic E-state index is 0.0863. The van der Waals surface area contributed by atoms with Crippen LogP contribution in [0.15, 0.2) is 4.79 Å². The maximum Gasteiger partial charge on any atom is 0.348 e. The molecule has 35 heavy (non-hydrogen) atoms. The smallest absolute Gasteiger partial charge is 0.348 e. The summed E-state index contributed by atoms with van der Waals surface area (Å²) in [5.41, 5.74) is 1.09. The van der Waals surface area contributed by atoms with Gasteiger partial charge in [0.05, 0.1) is 24.2 Å². The number of hydrogen-bond donors (Lipinski definition) is 1. The second kappa shape index (κ2) is 10.2. The normalized spacial score (nSPS) is 15.0. The number of nitrogens with one attached hydrogen (secondary N) is 1. The molecule has 3 aromatic rings. The first-order chi connectivity index (χ1) is 16.7. The van der Waals surface area contributed by atoms with Crippen LogP contribution in [0.1, 0.15) is 63.2 Å². The molecule has 0 spiro atoms. The maximum absolute atomic E-state index is 13.2. The van der Waals surface area contributed by atoms with Gasteiger partial charge in [0.2, 0.25) is 5.91 Å². The summed E-state index contributed by atoms with van der Waals surface area (Å²) in [4.78, 5) is 52.9. The summed E-state index contributed by atoms with van der Waals surface area (Å²) in [6.07, 6.45) is 2.71.